The van der Waals surface area contributed by atoms with Gasteiger partial charge in [0.1, 0.15) is 5.75 Å². The number of ether oxygens (including phenoxy) is 1. The van der Waals surface area contributed by atoms with Gasteiger partial charge < -0.3 is 25.6 Å². The maximum absolute atomic E-state index is 13.3. The van der Waals surface area contributed by atoms with Crippen molar-refractivity contribution in [3.05, 3.63) is 58.3 Å². The van der Waals surface area contributed by atoms with E-state index in [0.29, 0.717) is 40.9 Å². The van der Waals surface area contributed by atoms with Gasteiger partial charge in [-0.1, -0.05) is 6.07 Å². The van der Waals surface area contributed by atoms with Crippen LogP contribution in [0, 0.1) is 0 Å². The molecule has 31 heavy (non-hydrogen) atoms. The molecule has 1 aromatic heterocycles. The molecule has 1 aliphatic rings. The molecule has 1 fully saturated rings. The van der Waals surface area contributed by atoms with Crippen molar-refractivity contribution in [3.8, 4) is 5.75 Å². The summed E-state index contributed by atoms with van der Waals surface area (Å²) in [4.78, 5) is 46.5. The average molecular weight is 490 g/mol. The summed E-state index contributed by atoms with van der Waals surface area (Å²) in [5.74, 6) is -0.681. The summed E-state index contributed by atoms with van der Waals surface area (Å²) in [7, 11) is 1.51. The Morgan fingerprint density at radius 2 is 1.87 bits per heavy atom. The number of hydrogen-bond acceptors (Lipinski definition) is 6. The molecule has 1 saturated heterocycles. The van der Waals surface area contributed by atoms with Crippen LogP contribution in [0.5, 0.6) is 5.75 Å². The maximum Gasteiger partial charge on any atom is 0.263 e. The molecule has 3 N–H and O–H groups in total. The van der Waals surface area contributed by atoms with Crippen LogP contribution in [0.2, 0.25) is 0 Å². The van der Waals surface area contributed by atoms with Crippen LogP contribution in [0.1, 0.15) is 27.1 Å². The molecule has 164 valence electrons. The molecule has 0 aliphatic carbocycles. The zero-order chi connectivity index (χ0) is 22.4. The first-order chi connectivity index (χ1) is 15.0. The highest BCUT2D eigenvalue weighted by atomic mass is 79.9. The van der Waals surface area contributed by atoms with E-state index in [2.05, 4.69) is 26.2 Å². The number of amides is 3. The molecule has 0 bridgehead atoms. The summed E-state index contributed by atoms with van der Waals surface area (Å²) < 4.78 is 5.85. The fourth-order valence-corrected chi connectivity index (χ4v) is 3.80. The second-order valence-corrected chi connectivity index (χ2v) is 7.84. The molecular weight excluding hydrogens is 466 g/mol. The Morgan fingerprint density at radius 3 is 2.52 bits per heavy atom. The molecule has 0 saturated carbocycles. The van der Waals surface area contributed by atoms with Crippen LogP contribution in [0.15, 0.2) is 47.2 Å². The number of aromatic nitrogens is 1. The van der Waals surface area contributed by atoms with Gasteiger partial charge in [0.25, 0.3) is 17.7 Å². The van der Waals surface area contributed by atoms with Crippen molar-refractivity contribution in [2.45, 2.75) is 12.6 Å². The lowest BCUT2D eigenvalue weighted by Crippen LogP contribution is -2.63. The van der Waals surface area contributed by atoms with E-state index in [1.807, 2.05) is 0 Å². The third-order valence-electron chi connectivity index (χ3n) is 4.86. The first-order valence-electron chi connectivity index (χ1n) is 9.80. The minimum Gasteiger partial charge on any atom is -0.497 e. The number of nitrogens with zero attached hydrogens (tertiary/aromatic N) is 3. The molecule has 0 radical (unpaired) electrons. The van der Waals surface area contributed by atoms with Crippen LogP contribution in [0.25, 0.3) is 0 Å². The Balaban J connectivity index is 1.96. The van der Waals surface area contributed by atoms with Crippen LogP contribution in [-0.2, 0) is 4.79 Å². The number of hydrogen-bond donors (Lipinski definition) is 2. The van der Waals surface area contributed by atoms with Crippen molar-refractivity contribution in [3.63, 3.8) is 0 Å². The first kappa shape index (κ1) is 22.7. The molecule has 1 aliphatic heterocycles. The largest absolute Gasteiger partial charge is 0.497 e. The summed E-state index contributed by atoms with van der Waals surface area (Å²) >= 11 is 3.31. The van der Waals surface area contributed by atoms with Gasteiger partial charge in [-0.05, 0) is 46.6 Å². The van der Waals surface area contributed by atoms with Gasteiger partial charge in [0.2, 0.25) is 0 Å². The van der Waals surface area contributed by atoms with Crippen LogP contribution in [0.4, 0.5) is 0 Å². The number of carbonyl (C=O) groups is 3. The molecule has 3 amide bonds. The second kappa shape index (κ2) is 10.4. The van der Waals surface area contributed by atoms with Gasteiger partial charge in [-0.3, -0.25) is 19.4 Å². The van der Waals surface area contributed by atoms with Crippen molar-refractivity contribution in [2.75, 3.05) is 33.3 Å². The predicted molar refractivity (Wildman–Crippen MR) is 117 cm³/mol. The molecular formula is C21H24BrN5O4. The number of pyridine rings is 1. The smallest absolute Gasteiger partial charge is 0.263 e. The molecule has 2 aromatic rings. The Bertz CT molecular complexity index is 970. The molecule has 10 heteroatoms. The minimum atomic E-state index is -1.11. The predicted octanol–water partition coefficient (Wildman–Crippen LogP) is 1.24. The van der Waals surface area contributed by atoms with E-state index < -0.39 is 12.1 Å². The third kappa shape index (κ3) is 5.20. The average Bonchev–Trinajstić information content (AvgIpc) is 2.81. The zero-order valence-electron chi connectivity index (χ0n) is 17.1. The quantitative estimate of drug-likeness (QED) is 0.630. The van der Waals surface area contributed by atoms with Crippen LogP contribution >= 0.6 is 15.9 Å². The van der Waals surface area contributed by atoms with E-state index in [1.54, 1.807) is 36.5 Å². The molecule has 1 unspecified atom stereocenters. The molecule has 2 heterocycles. The van der Waals surface area contributed by atoms with Crippen LogP contribution in [0.3, 0.4) is 0 Å². The highest BCUT2D eigenvalue weighted by molar-refractivity contribution is 9.10. The number of halogens is 1. The summed E-state index contributed by atoms with van der Waals surface area (Å²) in [5.41, 5.74) is 6.21. The van der Waals surface area contributed by atoms with Crippen molar-refractivity contribution in [1.29, 1.82) is 0 Å². The second-order valence-electron chi connectivity index (χ2n) is 6.93. The van der Waals surface area contributed by atoms with Gasteiger partial charge in [-0.15, -0.1) is 0 Å². The van der Waals surface area contributed by atoms with Gasteiger partial charge in [0.15, 0.2) is 6.17 Å². The monoisotopic (exact) mass is 489 g/mol. The molecule has 9 nitrogen and oxygen atoms in total. The lowest BCUT2D eigenvalue weighted by atomic mass is 10.1. The highest BCUT2D eigenvalue weighted by Gasteiger charge is 2.40. The maximum atomic E-state index is 13.3. The van der Waals surface area contributed by atoms with E-state index in [-0.39, 0.29) is 24.9 Å². The third-order valence-corrected chi connectivity index (χ3v) is 5.29. The molecule has 1 atom stereocenters. The summed E-state index contributed by atoms with van der Waals surface area (Å²) in [6.07, 6.45) is 2.43. The van der Waals surface area contributed by atoms with Crippen molar-refractivity contribution in [1.82, 2.24) is 20.1 Å². The lowest BCUT2D eigenvalue weighted by Gasteiger charge is -2.42. The Kier molecular flexibility index (Phi) is 7.59. The number of methoxy groups -OCH3 is 1. The molecule has 3 rings (SSSR count). The van der Waals surface area contributed by atoms with E-state index in [1.165, 1.54) is 23.1 Å². The van der Waals surface area contributed by atoms with Crippen LogP contribution in [-0.4, -0.2) is 72.0 Å². The van der Waals surface area contributed by atoms with E-state index in [0.717, 1.165) is 0 Å². The zero-order valence-corrected chi connectivity index (χ0v) is 18.7. The van der Waals surface area contributed by atoms with Crippen molar-refractivity contribution >= 4 is 33.7 Å². The normalized spacial score (nSPS) is 16.0. The SMILES string of the molecule is COc1cccc(C(=O)N2CCCN(C(=O)c3cncc(Br)c3)C2C(=O)NCCN)c1. The Labute approximate surface area is 188 Å². The van der Waals surface area contributed by atoms with Gasteiger partial charge >= 0.3 is 0 Å². The number of nitrogens with two attached hydrogens (primary N) is 1. The summed E-state index contributed by atoms with van der Waals surface area (Å²) in [6.45, 7) is 1.13. The molecule has 1 aromatic carbocycles. The van der Waals surface area contributed by atoms with Gasteiger partial charge in [0.05, 0.1) is 12.7 Å². The van der Waals surface area contributed by atoms with Gasteiger partial charge in [-0.2, -0.15) is 0 Å². The first-order valence-corrected chi connectivity index (χ1v) is 10.6. The fourth-order valence-electron chi connectivity index (χ4n) is 3.44. The number of benzene rings is 1. The highest BCUT2D eigenvalue weighted by Crippen LogP contribution is 2.23. The topological polar surface area (TPSA) is 118 Å². The summed E-state index contributed by atoms with van der Waals surface area (Å²) in [5, 5.41) is 2.71. The Morgan fingerprint density at radius 1 is 1.16 bits per heavy atom. The van der Waals surface area contributed by atoms with E-state index >= 15 is 0 Å². The van der Waals surface area contributed by atoms with E-state index in [4.69, 9.17) is 10.5 Å². The number of nitrogens with one attached hydrogen (secondary N) is 1. The van der Waals surface area contributed by atoms with Gasteiger partial charge in [0, 0.05) is 48.6 Å². The van der Waals surface area contributed by atoms with E-state index in [9.17, 15) is 14.4 Å². The fraction of sp³-hybridized carbons (Fsp3) is 0.333. The summed E-state index contributed by atoms with van der Waals surface area (Å²) in [6, 6.07) is 8.33. The number of carbonyl (C=O) groups excluding carboxylic acids is 3. The lowest BCUT2D eigenvalue weighted by molar-refractivity contribution is -0.132. The van der Waals surface area contributed by atoms with Gasteiger partial charge in [-0.25, -0.2) is 0 Å². The standard InChI is InChI=1S/C21H24BrN5O4/c1-31-17-5-2-4-14(11-17)20(29)26-8-3-9-27(19(26)18(28)25-7-6-23)21(30)15-10-16(22)13-24-12-15/h2,4-5,10-13,19H,3,6-9,23H2,1H3,(H,25,28). The van der Waals surface area contributed by atoms with Crippen molar-refractivity contribution < 1.29 is 19.1 Å². The minimum absolute atomic E-state index is 0.233. The van der Waals surface area contributed by atoms with Crippen molar-refractivity contribution in [2.24, 2.45) is 5.73 Å². The molecule has 0 spiro atoms. The Hall–Kier alpha value is -2.98. The number of rotatable bonds is 6. The van der Waals surface area contributed by atoms with Crippen LogP contribution < -0.4 is 15.8 Å².